The van der Waals surface area contributed by atoms with Crippen LogP contribution in [0.25, 0.3) is 0 Å². The minimum atomic E-state index is 0.396. The van der Waals surface area contributed by atoms with Gasteiger partial charge in [0.05, 0.1) is 23.7 Å². The molecule has 1 aliphatic carbocycles. The predicted octanol–water partition coefficient (Wildman–Crippen LogP) is 1.12. The summed E-state index contributed by atoms with van der Waals surface area (Å²) < 4.78 is 5.68. The maximum Gasteiger partial charge on any atom is 0.161 e. The third-order valence-electron chi connectivity index (χ3n) is 2.22. The van der Waals surface area contributed by atoms with Crippen molar-refractivity contribution in [1.82, 2.24) is 4.98 Å². The zero-order valence-corrected chi connectivity index (χ0v) is 8.29. The third-order valence-corrected chi connectivity index (χ3v) is 2.22. The number of pyridine rings is 1. The molecule has 0 radical (unpaired) electrons. The van der Waals surface area contributed by atoms with E-state index in [1.165, 1.54) is 0 Å². The van der Waals surface area contributed by atoms with Gasteiger partial charge in [-0.1, -0.05) is 0 Å². The minimum Gasteiger partial charge on any atom is -0.487 e. The summed E-state index contributed by atoms with van der Waals surface area (Å²) in [5.74, 6) is 0.826. The Hall–Kier alpha value is -1.29. The van der Waals surface area contributed by atoms with Crippen LogP contribution in [0.15, 0.2) is 12.3 Å². The van der Waals surface area contributed by atoms with Gasteiger partial charge in [-0.15, -0.1) is 0 Å². The second-order valence-electron chi connectivity index (χ2n) is 3.44. The van der Waals surface area contributed by atoms with E-state index in [1.807, 2.05) is 13.1 Å². The van der Waals surface area contributed by atoms with Crippen LogP contribution in [0.4, 0.5) is 5.69 Å². The molecule has 2 rings (SSSR count). The summed E-state index contributed by atoms with van der Waals surface area (Å²) in [6, 6.07) is 1.93. The van der Waals surface area contributed by atoms with Crippen LogP contribution in [0.5, 0.6) is 5.75 Å². The van der Waals surface area contributed by atoms with Crippen LogP contribution in [0.1, 0.15) is 18.5 Å². The van der Waals surface area contributed by atoms with Gasteiger partial charge in [0.1, 0.15) is 0 Å². The van der Waals surface area contributed by atoms with E-state index in [4.69, 9.17) is 10.5 Å². The average molecular weight is 193 g/mol. The van der Waals surface area contributed by atoms with Gasteiger partial charge in [-0.25, -0.2) is 0 Å². The topological polar surface area (TPSA) is 60.2 Å². The SMILES string of the molecule is CNc1cc(CN)ncc1OC1CC1. The van der Waals surface area contributed by atoms with Gasteiger partial charge >= 0.3 is 0 Å². The molecule has 1 fully saturated rings. The molecule has 1 heterocycles. The molecule has 0 amide bonds. The molecule has 1 saturated carbocycles. The van der Waals surface area contributed by atoms with Crippen molar-refractivity contribution >= 4 is 5.69 Å². The first kappa shape index (κ1) is 9.27. The van der Waals surface area contributed by atoms with Gasteiger partial charge < -0.3 is 15.8 Å². The zero-order valence-electron chi connectivity index (χ0n) is 8.29. The Labute approximate surface area is 83.5 Å². The normalized spacial score (nSPS) is 15.3. The summed E-state index contributed by atoms with van der Waals surface area (Å²) in [5, 5.41) is 3.08. The highest BCUT2D eigenvalue weighted by Gasteiger charge is 2.24. The van der Waals surface area contributed by atoms with Crippen molar-refractivity contribution < 1.29 is 4.74 Å². The van der Waals surface area contributed by atoms with E-state index in [9.17, 15) is 0 Å². The molecule has 0 saturated heterocycles. The fraction of sp³-hybridized carbons (Fsp3) is 0.500. The number of hydrogen-bond donors (Lipinski definition) is 2. The van der Waals surface area contributed by atoms with Crippen molar-refractivity contribution in [1.29, 1.82) is 0 Å². The minimum absolute atomic E-state index is 0.396. The smallest absolute Gasteiger partial charge is 0.161 e. The monoisotopic (exact) mass is 193 g/mol. The molecule has 4 heteroatoms. The highest BCUT2D eigenvalue weighted by molar-refractivity contribution is 5.55. The van der Waals surface area contributed by atoms with Gasteiger partial charge in [-0.2, -0.15) is 0 Å². The number of nitrogens with one attached hydrogen (secondary N) is 1. The zero-order chi connectivity index (χ0) is 9.97. The molecular weight excluding hydrogens is 178 g/mol. The Morgan fingerprint density at radius 3 is 3.00 bits per heavy atom. The average Bonchev–Trinajstić information content (AvgIpc) is 3.02. The van der Waals surface area contributed by atoms with Crippen molar-refractivity contribution in [2.75, 3.05) is 12.4 Å². The van der Waals surface area contributed by atoms with Gasteiger partial charge in [0.25, 0.3) is 0 Å². The second kappa shape index (κ2) is 3.84. The second-order valence-corrected chi connectivity index (χ2v) is 3.44. The van der Waals surface area contributed by atoms with E-state index >= 15 is 0 Å². The van der Waals surface area contributed by atoms with E-state index in [-0.39, 0.29) is 0 Å². The molecule has 0 aromatic carbocycles. The van der Waals surface area contributed by atoms with E-state index in [2.05, 4.69) is 10.3 Å². The van der Waals surface area contributed by atoms with Crippen molar-refractivity contribution in [2.24, 2.45) is 5.73 Å². The van der Waals surface area contributed by atoms with Gasteiger partial charge in [0, 0.05) is 13.6 Å². The predicted molar refractivity (Wildman–Crippen MR) is 55.3 cm³/mol. The van der Waals surface area contributed by atoms with Gasteiger partial charge in [0.15, 0.2) is 5.75 Å². The van der Waals surface area contributed by atoms with E-state index in [0.29, 0.717) is 12.6 Å². The molecular formula is C10H15N3O. The molecule has 3 N–H and O–H groups in total. The summed E-state index contributed by atoms with van der Waals surface area (Å²) in [5.41, 5.74) is 7.34. The molecule has 0 spiro atoms. The Morgan fingerprint density at radius 1 is 1.64 bits per heavy atom. The lowest BCUT2D eigenvalue weighted by Gasteiger charge is -2.10. The van der Waals surface area contributed by atoms with Crippen LogP contribution in [0.3, 0.4) is 0 Å². The molecule has 0 bridgehead atoms. The van der Waals surface area contributed by atoms with E-state index in [1.54, 1.807) is 6.20 Å². The highest BCUT2D eigenvalue weighted by atomic mass is 16.5. The lowest BCUT2D eigenvalue weighted by Crippen LogP contribution is -2.04. The van der Waals surface area contributed by atoms with Crippen molar-refractivity contribution in [2.45, 2.75) is 25.5 Å². The van der Waals surface area contributed by atoms with Crippen LogP contribution >= 0.6 is 0 Å². The molecule has 1 aromatic rings. The largest absolute Gasteiger partial charge is 0.487 e. The number of anilines is 1. The fourth-order valence-corrected chi connectivity index (χ4v) is 1.25. The molecule has 14 heavy (non-hydrogen) atoms. The summed E-state index contributed by atoms with van der Waals surface area (Å²) in [7, 11) is 1.87. The van der Waals surface area contributed by atoms with Crippen LogP contribution < -0.4 is 15.8 Å². The molecule has 4 nitrogen and oxygen atoms in total. The quantitative estimate of drug-likeness (QED) is 0.752. The number of nitrogens with zero attached hydrogens (tertiary/aromatic N) is 1. The molecule has 76 valence electrons. The number of hydrogen-bond acceptors (Lipinski definition) is 4. The number of nitrogens with two attached hydrogens (primary N) is 1. The lowest BCUT2D eigenvalue weighted by atomic mass is 10.3. The number of rotatable bonds is 4. The first-order valence-electron chi connectivity index (χ1n) is 4.87. The lowest BCUT2D eigenvalue weighted by molar-refractivity contribution is 0.303. The Balaban J connectivity index is 2.19. The summed E-state index contributed by atoms with van der Waals surface area (Å²) in [6.07, 6.45) is 4.45. The van der Waals surface area contributed by atoms with Crippen molar-refractivity contribution in [3.8, 4) is 5.75 Å². The highest BCUT2D eigenvalue weighted by Crippen LogP contribution is 2.31. The van der Waals surface area contributed by atoms with Gasteiger partial charge in [0.2, 0.25) is 0 Å². The maximum atomic E-state index is 5.68. The summed E-state index contributed by atoms with van der Waals surface area (Å²) in [4.78, 5) is 4.20. The number of aromatic nitrogens is 1. The van der Waals surface area contributed by atoms with Crippen LogP contribution in [-0.2, 0) is 6.54 Å². The van der Waals surface area contributed by atoms with Crippen LogP contribution in [0, 0.1) is 0 Å². The Kier molecular flexibility index (Phi) is 2.54. The summed E-state index contributed by atoms with van der Waals surface area (Å²) in [6.45, 7) is 0.457. The molecule has 0 atom stereocenters. The van der Waals surface area contributed by atoms with Crippen molar-refractivity contribution in [3.05, 3.63) is 18.0 Å². The van der Waals surface area contributed by atoms with Crippen molar-refractivity contribution in [3.63, 3.8) is 0 Å². The van der Waals surface area contributed by atoms with E-state index < -0.39 is 0 Å². The Morgan fingerprint density at radius 2 is 2.43 bits per heavy atom. The summed E-state index contributed by atoms with van der Waals surface area (Å²) >= 11 is 0. The van der Waals surface area contributed by atoms with Gasteiger partial charge in [-0.05, 0) is 18.9 Å². The van der Waals surface area contributed by atoms with Gasteiger partial charge in [-0.3, -0.25) is 4.98 Å². The fourth-order valence-electron chi connectivity index (χ4n) is 1.25. The molecule has 0 unspecified atom stereocenters. The van der Waals surface area contributed by atoms with Crippen LogP contribution in [-0.4, -0.2) is 18.1 Å². The molecule has 1 aromatic heterocycles. The number of ether oxygens (including phenoxy) is 1. The first-order valence-corrected chi connectivity index (χ1v) is 4.87. The Bertz CT molecular complexity index is 323. The third kappa shape index (κ3) is 1.96. The first-order chi connectivity index (χ1) is 6.83. The maximum absolute atomic E-state index is 5.68. The van der Waals surface area contributed by atoms with E-state index in [0.717, 1.165) is 30.0 Å². The molecule has 1 aliphatic rings. The molecule has 0 aliphatic heterocycles. The standard InChI is InChI=1S/C10H15N3O/c1-12-9-4-7(5-11)13-6-10(9)14-8-2-3-8/h4,6,8H,2-3,5,11H2,1H3,(H,12,13). The van der Waals surface area contributed by atoms with Crippen LogP contribution in [0.2, 0.25) is 0 Å².